The van der Waals surface area contributed by atoms with Crippen molar-refractivity contribution in [2.24, 2.45) is 0 Å². The Kier molecular flexibility index (Phi) is 3.73. The number of nitrogens with zero attached hydrogens (tertiary/aromatic N) is 1. The van der Waals surface area contributed by atoms with Crippen molar-refractivity contribution in [1.82, 2.24) is 4.57 Å². The molecule has 3 nitrogen and oxygen atoms in total. The standard InChI is InChI=1S/C18H18N2O/c19-16-8-3-5-14(13-16)6-4-11-20-12-10-15-7-1-2-9-17(15)18(20)21/h1-3,5,7-10,12-13H,4,6,11,19H2. The molecule has 3 aromatic rings. The SMILES string of the molecule is Nc1cccc(CCCn2ccc3ccccc3c2=O)c1. The number of aromatic nitrogens is 1. The molecule has 0 unspecified atom stereocenters. The molecule has 0 bridgehead atoms. The predicted molar refractivity (Wildman–Crippen MR) is 87.4 cm³/mol. The molecule has 2 aromatic carbocycles. The maximum absolute atomic E-state index is 12.4. The van der Waals surface area contributed by atoms with Crippen LogP contribution in [-0.4, -0.2) is 4.57 Å². The summed E-state index contributed by atoms with van der Waals surface area (Å²) >= 11 is 0. The summed E-state index contributed by atoms with van der Waals surface area (Å²) in [6.45, 7) is 0.721. The summed E-state index contributed by atoms with van der Waals surface area (Å²) in [5, 5.41) is 1.78. The summed E-state index contributed by atoms with van der Waals surface area (Å²) in [5.41, 5.74) is 7.86. The van der Waals surface area contributed by atoms with E-state index in [1.54, 1.807) is 4.57 Å². The number of pyridine rings is 1. The van der Waals surface area contributed by atoms with Crippen molar-refractivity contribution in [3.63, 3.8) is 0 Å². The first-order valence-corrected chi connectivity index (χ1v) is 7.17. The first kappa shape index (κ1) is 13.4. The third kappa shape index (κ3) is 2.97. The molecule has 21 heavy (non-hydrogen) atoms. The summed E-state index contributed by atoms with van der Waals surface area (Å²) in [6, 6.07) is 17.6. The van der Waals surface area contributed by atoms with E-state index in [4.69, 9.17) is 5.73 Å². The zero-order valence-corrected chi connectivity index (χ0v) is 11.8. The van der Waals surface area contributed by atoms with E-state index in [0.717, 1.165) is 35.8 Å². The number of hydrogen-bond acceptors (Lipinski definition) is 2. The van der Waals surface area contributed by atoms with Gasteiger partial charge in [0.1, 0.15) is 0 Å². The van der Waals surface area contributed by atoms with Crippen LogP contribution < -0.4 is 11.3 Å². The third-order valence-electron chi connectivity index (χ3n) is 3.70. The number of nitrogen functional groups attached to an aromatic ring is 1. The quantitative estimate of drug-likeness (QED) is 0.745. The van der Waals surface area contributed by atoms with Crippen molar-refractivity contribution < 1.29 is 0 Å². The van der Waals surface area contributed by atoms with Gasteiger partial charge in [-0.1, -0.05) is 30.3 Å². The number of rotatable bonds is 4. The molecule has 0 spiro atoms. The minimum absolute atomic E-state index is 0.0840. The molecule has 0 atom stereocenters. The molecule has 0 aliphatic carbocycles. The third-order valence-corrected chi connectivity index (χ3v) is 3.70. The van der Waals surface area contributed by atoms with Gasteiger partial charge in [0.15, 0.2) is 0 Å². The molecule has 0 amide bonds. The lowest BCUT2D eigenvalue weighted by atomic mass is 10.1. The highest BCUT2D eigenvalue weighted by Crippen LogP contribution is 2.11. The highest BCUT2D eigenvalue weighted by molar-refractivity contribution is 5.81. The minimum Gasteiger partial charge on any atom is -0.399 e. The maximum atomic E-state index is 12.4. The summed E-state index contributed by atoms with van der Waals surface area (Å²) in [5.74, 6) is 0. The van der Waals surface area contributed by atoms with Crippen LogP contribution in [0.1, 0.15) is 12.0 Å². The van der Waals surface area contributed by atoms with E-state index in [1.165, 1.54) is 5.56 Å². The molecule has 1 aromatic heterocycles. The zero-order valence-electron chi connectivity index (χ0n) is 11.8. The van der Waals surface area contributed by atoms with Crippen molar-refractivity contribution in [2.45, 2.75) is 19.4 Å². The number of hydrogen-bond donors (Lipinski definition) is 1. The number of benzene rings is 2. The van der Waals surface area contributed by atoms with E-state index in [9.17, 15) is 4.79 Å². The van der Waals surface area contributed by atoms with E-state index in [0.29, 0.717) is 0 Å². The first-order valence-electron chi connectivity index (χ1n) is 7.17. The second-order valence-electron chi connectivity index (χ2n) is 5.25. The van der Waals surface area contributed by atoms with Gasteiger partial charge >= 0.3 is 0 Å². The molecule has 106 valence electrons. The second-order valence-corrected chi connectivity index (χ2v) is 5.25. The van der Waals surface area contributed by atoms with Crippen LogP contribution in [0.3, 0.4) is 0 Å². The number of anilines is 1. The van der Waals surface area contributed by atoms with Gasteiger partial charge in [-0.15, -0.1) is 0 Å². The van der Waals surface area contributed by atoms with Crippen molar-refractivity contribution in [2.75, 3.05) is 5.73 Å². The van der Waals surface area contributed by atoms with Gasteiger partial charge in [0.2, 0.25) is 0 Å². The monoisotopic (exact) mass is 278 g/mol. The van der Waals surface area contributed by atoms with E-state index in [-0.39, 0.29) is 5.56 Å². The molecular weight excluding hydrogens is 260 g/mol. The van der Waals surface area contributed by atoms with Crippen molar-refractivity contribution in [3.8, 4) is 0 Å². The number of aryl methyl sites for hydroxylation is 2. The lowest BCUT2D eigenvalue weighted by Crippen LogP contribution is -2.19. The highest BCUT2D eigenvalue weighted by Gasteiger charge is 2.02. The fourth-order valence-corrected chi connectivity index (χ4v) is 2.61. The molecule has 3 heteroatoms. The van der Waals surface area contributed by atoms with Crippen molar-refractivity contribution in [1.29, 1.82) is 0 Å². The summed E-state index contributed by atoms with van der Waals surface area (Å²) in [6.07, 6.45) is 3.72. The van der Waals surface area contributed by atoms with Gasteiger partial charge in [-0.3, -0.25) is 4.79 Å². The highest BCUT2D eigenvalue weighted by atomic mass is 16.1. The Balaban J connectivity index is 1.74. The van der Waals surface area contributed by atoms with Crippen molar-refractivity contribution in [3.05, 3.63) is 76.7 Å². The predicted octanol–water partition coefficient (Wildman–Crippen LogP) is 3.22. The van der Waals surface area contributed by atoms with Crippen LogP contribution >= 0.6 is 0 Å². The van der Waals surface area contributed by atoms with Crippen LogP contribution in [0.25, 0.3) is 10.8 Å². The number of nitrogens with two attached hydrogens (primary N) is 1. The summed E-state index contributed by atoms with van der Waals surface area (Å²) in [7, 11) is 0. The topological polar surface area (TPSA) is 48.0 Å². The number of fused-ring (bicyclic) bond motifs is 1. The van der Waals surface area contributed by atoms with E-state index in [1.807, 2.05) is 54.7 Å². The minimum atomic E-state index is 0.0840. The molecule has 0 aliphatic heterocycles. The molecule has 0 saturated carbocycles. The molecule has 0 aliphatic rings. The Morgan fingerprint density at radius 1 is 1.00 bits per heavy atom. The Hall–Kier alpha value is -2.55. The Morgan fingerprint density at radius 3 is 2.71 bits per heavy atom. The van der Waals surface area contributed by atoms with Gasteiger partial charge in [0.25, 0.3) is 5.56 Å². The van der Waals surface area contributed by atoms with E-state index in [2.05, 4.69) is 6.07 Å². The molecule has 1 heterocycles. The van der Waals surface area contributed by atoms with Crippen LogP contribution in [0.4, 0.5) is 5.69 Å². The van der Waals surface area contributed by atoms with Gasteiger partial charge in [-0.25, -0.2) is 0 Å². The maximum Gasteiger partial charge on any atom is 0.258 e. The smallest absolute Gasteiger partial charge is 0.258 e. The largest absolute Gasteiger partial charge is 0.399 e. The molecule has 2 N–H and O–H groups in total. The first-order chi connectivity index (χ1) is 10.2. The molecule has 0 saturated heterocycles. The molecule has 0 radical (unpaired) electrons. The average Bonchev–Trinajstić information content (AvgIpc) is 2.50. The molecule has 0 fully saturated rings. The Bertz CT molecular complexity index is 821. The van der Waals surface area contributed by atoms with Crippen LogP contribution in [0.5, 0.6) is 0 Å². The van der Waals surface area contributed by atoms with Crippen LogP contribution in [0.2, 0.25) is 0 Å². The van der Waals surface area contributed by atoms with Gasteiger partial charge in [-0.2, -0.15) is 0 Å². The van der Waals surface area contributed by atoms with Gasteiger partial charge in [0.05, 0.1) is 0 Å². The van der Waals surface area contributed by atoms with Crippen LogP contribution in [-0.2, 0) is 13.0 Å². The van der Waals surface area contributed by atoms with Crippen LogP contribution in [0, 0.1) is 0 Å². The normalized spacial score (nSPS) is 10.9. The summed E-state index contributed by atoms with van der Waals surface area (Å²) < 4.78 is 1.79. The fourth-order valence-electron chi connectivity index (χ4n) is 2.61. The van der Waals surface area contributed by atoms with Crippen molar-refractivity contribution >= 4 is 16.5 Å². The molecule has 3 rings (SSSR count). The second kappa shape index (κ2) is 5.83. The lowest BCUT2D eigenvalue weighted by Gasteiger charge is -2.07. The van der Waals surface area contributed by atoms with E-state index >= 15 is 0 Å². The Labute approximate surface area is 123 Å². The van der Waals surface area contributed by atoms with E-state index < -0.39 is 0 Å². The Morgan fingerprint density at radius 2 is 1.86 bits per heavy atom. The molecular formula is C18H18N2O. The zero-order chi connectivity index (χ0) is 14.7. The summed E-state index contributed by atoms with van der Waals surface area (Å²) in [4.78, 5) is 12.4. The van der Waals surface area contributed by atoms with Gasteiger partial charge in [-0.05, 0) is 48.1 Å². The van der Waals surface area contributed by atoms with Crippen LogP contribution in [0.15, 0.2) is 65.6 Å². The van der Waals surface area contributed by atoms with Gasteiger partial charge in [0, 0.05) is 23.8 Å². The average molecular weight is 278 g/mol. The van der Waals surface area contributed by atoms with Gasteiger partial charge < -0.3 is 10.3 Å². The fraction of sp³-hybridized carbons (Fsp3) is 0.167. The lowest BCUT2D eigenvalue weighted by molar-refractivity contribution is 0.626.